The molecular formula is C17H15N3O. The molecule has 0 atom stereocenters. The molecular weight excluding hydrogens is 262 g/mol. The van der Waals surface area contributed by atoms with Gasteiger partial charge in [0.15, 0.2) is 0 Å². The predicted molar refractivity (Wildman–Crippen MR) is 82.3 cm³/mol. The highest BCUT2D eigenvalue weighted by Gasteiger charge is 2.10. The summed E-state index contributed by atoms with van der Waals surface area (Å²) in [7, 11) is 0. The standard InChI is InChI=1S/C17H15N3O/c1-12-11-16(13-5-3-2-4-6-13)20(19-12)15-9-7-14(8-10-15)17(18)21/h2-11H,1H3,(H2,18,21). The highest BCUT2D eigenvalue weighted by atomic mass is 16.1. The SMILES string of the molecule is Cc1cc(-c2ccccc2)n(-c2ccc(C(N)=O)cc2)n1. The Bertz CT molecular complexity index is 774. The number of rotatable bonds is 3. The van der Waals surface area contributed by atoms with Crippen molar-refractivity contribution in [2.75, 3.05) is 0 Å². The van der Waals surface area contributed by atoms with Gasteiger partial charge in [0.25, 0.3) is 0 Å². The van der Waals surface area contributed by atoms with Crippen molar-refractivity contribution in [2.45, 2.75) is 6.92 Å². The first-order valence-corrected chi connectivity index (χ1v) is 6.67. The molecule has 4 nitrogen and oxygen atoms in total. The summed E-state index contributed by atoms with van der Waals surface area (Å²) in [6.45, 7) is 1.96. The van der Waals surface area contributed by atoms with Crippen LogP contribution in [0.1, 0.15) is 16.1 Å². The van der Waals surface area contributed by atoms with Gasteiger partial charge in [0, 0.05) is 11.1 Å². The third-order valence-electron chi connectivity index (χ3n) is 3.30. The van der Waals surface area contributed by atoms with Crippen LogP contribution in [0.2, 0.25) is 0 Å². The Kier molecular flexibility index (Phi) is 3.28. The second-order valence-electron chi connectivity index (χ2n) is 4.86. The summed E-state index contributed by atoms with van der Waals surface area (Å²) in [5.74, 6) is -0.429. The van der Waals surface area contributed by atoms with Gasteiger partial charge >= 0.3 is 0 Å². The smallest absolute Gasteiger partial charge is 0.248 e. The van der Waals surface area contributed by atoms with Crippen LogP contribution in [0.15, 0.2) is 60.7 Å². The van der Waals surface area contributed by atoms with E-state index >= 15 is 0 Å². The van der Waals surface area contributed by atoms with Crippen molar-refractivity contribution in [1.29, 1.82) is 0 Å². The Morgan fingerprint density at radius 1 is 1.05 bits per heavy atom. The fraction of sp³-hybridized carbons (Fsp3) is 0.0588. The van der Waals surface area contributed by atoms with Crippen molar-refractivity contribution < 1.29 is 4.79 Å². The quantitative estimate of drug-likeness (QED) is 0.800. The van der Waals surface area contributed by atoms with Gasteiger partial charge in [0.05, 0.1) is 17.1 Å². The molecule has 21 heavy (non-hydrogen) atoms. The van der Waals surface area contributed by atoms with E-state index < -0.39 is 5.91 Å². The molecule has 0 aliphatic heterocycles. The number of nitrogens with two attached hydrogens (primary N) is 1. The van der Waals surface area contributed by atoms with E-state index in [1.807, 2.05) is 60.1 Å². The molecule has 0 saturated heterocycles. The lowest BCUT2D eigenvalue weighted by Crippen LogP contribution is -2.10. The van der Waals surface area contributed by atoms with Crippen LogP contribution in [-0.4, -0.2) is 15.7 Å². The van der Waals surface area contributed by atoms with Crippen molar-refractivity contribution in [2.24, 2.45) is 5.73 Å². The Hall–Kier alpha value is -2.88. The van der Waals surface area contributed by atoms with Gasteiger partial charge in [0.1, 0.15) is 0 Å². The molecule has 2 N–H and O–H groups in total. The first-order valence-electron chi connectivity index (χ1n) is 6.67. The fourth-order valence-electron chi connectivity index (χ4n) is 2.28. The van der Waals surface area contributed by atoms with E-state index in [2.05, 4.69) is 5.10 Å². The molecule has 4 heteroatoms. The maximum atomic E-state index is 11.1. The fourth-order valence-corrected chi connectivity index (χ4v) is 2.28. The number of hydrogen-bond acceptors (Lipinski definition) is 2. The number of nitrogens with zero attached hydrogens (tertiary/aromatic N) is 2. The number of primary amides is 1. The van der Waals surface area contributed by atoms with Crippen LogP contribution in [-0.2, 0) is 0 Å². The van der Waals surface area contributed by atoms with E-state index in [0.29, 0.717) is 5.56 Å². The lowest BCUT2D eigenvalue weighted by molar-refractivity contribution is 0.100. The third kappa shape index (κ3) is 2.56. The van der Waals surface area contributed by atoms with E-state index in [1.165, 1.54) is 0 Å². The van der Waals surface area contributed by atoms with Gasteiger partial charge in [-0.2, -0.15) is 5.10 Å². The molecule has 0 unspecified atom stereocenters. The average molecular weight is 277 g/mol. The summed E-state index contributed by atoms with van der Waals surface area (Å²) in [5.41, 5.74) is 9.70. The Balaban J connectivity index is 2.09. The molecule has 1 heterocycles. The monoisotopic (exact) mass is 277 g/mol. The highest BCUT2D eigenvalue weighted by Crippen LogP contribution is 2.23. The third-order valence-corrected chi connectivity index (χ3v) is 3.30. The number of hydrogen-bond donors (Lipinski definition) is 1. The molecule has 104 valence electrons. The minimum Gasteiger partial charge on any atom is -0.366 e. The van der Waals surface area contributed by atoms with Crippen LogP contribution >= 0.6 is 0 Å². The van der Waals surface area contributed by atoms with Gasteiger partial charge in [-0.3, -0.25) is 4.79 Å². The lowest BCUT2D eigenvalue weighted by atomic mass is 10.1. The van der Waals surface area contributed by atoms with Crippen LogP contribution in [0.5, 0.6) is 0 Å². The van der Waals surface area contributed by atoms with E-state index in [0.717, 1.165) is 22.6 Å². The molecule has 0 bridgehead atoms. The Morgan fingerprint density at radius 2 is 1.71 bits per heavy atom. The van der Waals surface area contributed by atoms with E-state index in [9.17, 15) is 4.79 Å². The summed E-state index contributed by atoms with van der Waals surface area (Å²) in [6, 6.07) is 19.2. The summed E-state index contributed by atoms with van der Waals surface area (Å²) in [6.07, 6.45) is 0. The van der Waals surface area contributed by atoms with Crippen molar-refractivity contribution in [3.8, 4) is 16.9 Å². The number of carbonyl (C=O) groups is 1. The molecule has 2 aromatic carbocycles. The maximum absolute atomic E-state index is 11.1. The lowest BCUT2D eigenvalue weighted by Gasteiger charge is -2.08. The molecule has 1 aromatic heterocycles. The Morgan fingerprint density at radius 3 is 2.33 bits per heavy atom. The largest absolute Gasteiger partial charge is 0.366 e. The molecule has 3 rings (SSSR count). The molecule has 0 fully saturated rings. The van der Waals surface area contributed by atoms with Crippen LogP contribution in [0, 0.1) is 6.92 Å². The summed E-state index contributed by atoms with van der Waals surface area (Å²) in [5, 5.41) is 4.53. The Labute approximate surface area is 122 Å². The summed E-state index contributed by atoms with van der Waals surface area (Å²) in [4.78, 5) is 11.1. The van der Waals surface area contributed by atoms with Gasteiger partial charge in [-0.15, -0.1) is 0 Å². The minimum absolute atomic E-state index is 0.429. The number of amides is 1. The van der Waals surface area contributed by atoms with Gasteiger partial charge in [0.2, 0.25) is 5.91 Å². The van der Waals surface area contributed by atoms with Crippen molar-refractivity contribution in [1.82, 2.24) is 9.78 Å². The van der Waals surface area contributed by atoms with E-state index in [4.69, 9.17) is 5.73 Å². The molecule has 0 spiro atoms. The van der Waals surface area contributed by atoms with Crippen LogP contribution in [0.25, 0.3) is 16.9 Å². The normalized spacial score (nSPS) is 10.5. The minimum atomic E-state index is -0.429. The second-order valence-corrected chi connectivity index (χ2v) is 4.86. The topological polar surface area (TPSA) is 60.9 Å². The zero-order valence-corrected chi connectivity index (χ0v) is 11.7. The van der Waals surface area contributed by atoms with Gasteiger partial charge in [-0.1, -0.05) is 30.3 Å². The van der Waals surface area contributed by atoms with Gasteiger partial charge < -0.3 is 5.73 Å². The van der Waals surface area contributed by atoms with Crippen LogP contribution < -0.4 is 5.73 Å². The van der Waals surface area contributed by atoms with Gasteiger partial charge in [-0.25, -0.2) is 4.68 Å². The first-order chi connectivity index (χ1) is 10.1. The molecule has 1 amide bonds. The van der Waals surface area contributed by atoms with Crippen molar-refractivity contribution in [3.05, 3.63) is 71.9 Å². The number of benzene rings is 2. The predicted octanol–water partition coefficient (Wildman–Crippen LogP) is 2.95. The van der Waals surface area contributed by atoms with E-state index in [1.54, 1.807) is 12.1 Å². The van der Waals surface area contributed by atoms with E-state index in [-0.39, 0.29) is 0 Å². The molecule has 0 radical (unpaired) electrons. The van der Waals surface area contributed by atoms with Crippen molar-refractivity contribution in [3.63, 3.8) is 0 Å². The second kappa shape index (κ2) is 5.25. The number of carbonyl (C=O) groups excluding carboxylic acids is 1. The van der Waals surface area contributed by atoms with Gasteiger partial charge in [-0.05, 0) is 37.3 Å². The number of aryl methyl sites for hydroxylation is 1. The zero-order chi connectivity index (χ0) is 14.8. The maximum Gasteiger partial charge on any atom is 0.248 e. The molecule has 0 saturated carbocycles. The number of aromatic nitrogens is 2. The molecule has 3 aromatic rings. The summed E-state index contributed by atoms with van der Waals surface area (Å²) < 4.78 is 1.87. The molecule has 0 aliphatic carbocycles. The van der Waals surface area contributed by atoms with Crippen LogP contribution in [0.4, 0.5) is 0 Å². The zero-order valence-electron chi connectivity index (χ0n) is 11.7. The van der Waals surface area contributed by atoms with Crippen LogP contribution in [0.3, 0.4) is 0 Å². The average Bonchev–Trinajstić information content (AvgIpc) is 2.90. The highest BCUT2D eigenvalue weighted by molar-refractivity contribution is 5.92. The summed E-state index contributed by atoms with van der Waals surface area (Å²) >= 11 is 0. The first kappa shape index (κ1) is 13.1. The molecule has 0 aliphatic rings. The van der Waals surface area contributed by atoms with Crippen molar-refractivity contribution >= 4 is 5.91 Å².